The highest BCUT2D eigenvalue weighted by Gasteiger charge is 2.42. The van der Waals surface area contributed by atoms with Crippen LogP contribution >= 0.6 is 0 Å². The molecular formula is C24H32N4O6. The van der Waals surface area contributed by atoms with Gasteiger partial charge in [-0.05, 0) is 33.4 Å². The first-order chi connectivity index (χ1) is 16.2. The molecule has 184 valence electrons. The molecule has 1 aromatic carbocycles. The number of nitro groups is 1. The lowest BCUT2D eigenvalue weighted by Crippen LogP contribution is -2.45. The highest BCUT2D eigenvalue weighted by molar-refractivity contribution is 6.07. The molecule has 10 nitrogen and oxygen atoms in total. The van der Waals surface area contributed by atoms with Crippen LogP contribution in [0.15, 0.2) is 40.5 Å². The van der Waals surface area contributed by atoms with Crippen LogP contribution in [0.2, 0.25) is 0 Å². The molecule has 1 fully saturated rings. The molecule has 0 aliphatic carbocycles. The van der Waals surface area contributed by atoms with Crippen LogP contribution < -0.4 is 0 Å². The number of piperazine rings is 1. The van der Waals surface area contributed by atoms with Crippen molar-refractivity contribution >= 4 is 23.3 Å². The van der Waals surface area contributed by atoms with Gasteiger partial charge < -0.3 is 14.4 Å². The number of nitrogens with zero attached hydrogens (tertiary/aromatic N) is 4. The first kappa shape index (κ1) is 25.5. The number of likely N-dealkylation sites (N-methyl/N-ethyl adjacent to an activating group) is 1. The first-order valence-corrected chi connectivity index (χ1v) is 11.5. The molecule has 0 bridgehead atoms. The monoisotopic (exact) mass is 472 g/mol. The Kier molecular flexibility index (Phi) is 8.51. The Morgan fingerprint density at radius 3 is 2.53 bits per heavy atom. The van der Waals surface area contributed by atoms with E-state index in [-0.39, 0.29) is 24.5 Å². The average Bonchev–Trinajstić information content (AvgIpc) is 2.80. The van der Waals surface area contributed by atoms with Crippen molar-refractivity contribution in [2.24, 2.45) is 10.9 Å². The topological polar surface area (TPSA) is 115 Å². The van der Waals surface area contributed by atoms with E-state index in [0.717, 1.165) is 26.2 Å². The van der Waals surface area contributed by atoms with E-state index >= 15 is 0 Å². The lowest BCUT2D eigenvalue weighted by molar-refractivity contribution is -0.384. The zero-order valence-electron chi connectivity index (χ0n) is 20.2. The molecule has 34 heavy (non-hydrogen) atoms. The summed E-state index contributed by atoms with van der Waals surface area (Å²) in [5, 5.41) is 11.4. The van der Waals surface area contributed by atoms with Crippen LogP contribution in [0.5, 0.6) is 0 Å². The largest absolute Gasteiger partial charge is 0.465 e. The number of rotatable bonds is 8. The summed E-state index contributed by atoms with van der Waals surface area (Å²) >= 11 is 0. The molecule has 0 amide bonds. The number of carbonyl (C=O) groups excluding carboxylic acids is 2. The van der Waals surface area contributed by atoms with Crippen LogP contribution in [-0.2, 0) is 19.1 Å². The smallest absolute Gasteiger partial charge is 0.336 e. The number of ether oxygens (including phenoxy) is 2. The van der Waals surface area contributed by atoms with Crippen molar-refractivity contribution in [3.63, 3.8) is 0 Å². The Labute approximate surface area is 199 Å². The number of nitro benzene ring substituents is 1. The third-order valence-electron chi connectivity index (χ3n) is 6.27. The van der Waals surface area contributed by atoms with E-state index in [1.165, 1.54) is 12.1 Å². The highest BCUT2D eigenvalue weighted by atomic mass is 16.6. The van der Waals surface area contributed by atoms with E-state index in [9.17, 15) is 19.7 Å². The summed E-state index contributed by atoms with van der Waals surface area (Å²) in [7, 11) is 2.08. The second-order valence-electron chi connectivity index (χ2n) is 8.59. The summed E-state index contributed by atoms with van der Waals surface area (Å²) in [5.74, 6) is -2.79. The molecule has 0 aromatic heterocycles. The summed E-state index contributed by atoms with van der Waals surface area (Å²) in [5.41, 5.74) is 1.48. The van der Waals surface area contributed by atoms with Gasteiger partial charge in [-0.25, -0.2) is 4.79 Å². The molecule has 2 aliphatic heterocycles. The number of non-ortho nitro benzene ring substituents is 1. The number of hydrogen-bond donors (Lipinski definition) is 0. The van der Waals surface area contributed by atoms with Crippen molar-refractivity contribution in [1.29, 1.82) is 0 Å². The van der Waals surface area contributed by atoms with Crippen LogP contribution in [0, 0.1) is 16.0 Å². The number of benzene rings is 1. The van der Waals surface area contributed by atoms with E-state index in [0.29, 0.717) is 23.5 Å². The van der Waals surface area contributed by atoms with Gasteiger partial charge in [-0.2, -0.15) is 0 Å². The fourth-order valence-corrected chi connectivity index (χ4v) is 4.45. The van der Waals surface area contributed by atoms with Crippen molar-refractivity contribution in [2.75, 3.05) is 53.0 Å². The lowest BCUT2D eigenvalue weighted by atomic mass is 9.75. The maximum Gasteiger partial charge on any atom is 0.336 e. The van der Waals surface area contributed by atoms with Gasteiger partial charge in [0.25, 0.3) is 5.69 Å². The minimum atomic E-state index is -0.883. The van der Waals surface area contributed by atoms with E-state index in [2.05, 4.69) is 21.8 Å². The van der Waals surface area contributed by atoms with Crippen molar-refractivity contribution in [3.05, 3.63) is 51.2 Å². The summed E-state index contributed by atoms with van der Waals surface area (Å²) in [4.78, 5) is 46.0. The standard InChI is InChI=1S/C24H32N4O6/c1-5-33-23(29)20-16(2)25-17(3)21(22(20)18-7-6-8-19(15-18)28(31)32)24(30)34-14-13-27-11-9-26(4)10-12-27/h6-8,15,20,22H,5,9-14H2,1-4H3/t20?,22-/m0/s1. The minimum Gasteiger partial charge on any atom is -0.465 e. The Morgan fingerprint density at radius 2 is 1.88 bits per heavy atom. The molecule has 2 heterocycles. The van der Waals surface area contributed by atoms with E-state index in [1.54, 1.807) is 32.9 Å². The number of hydrogen-bond acceptors (Lipinski definition) is 9. The van der Waals surface area contributed by atoms with Gasteiger partial charge in [-0.1, -0.05) is 12.1 Å². The molecule has 0 radical (unpaired) electrons. The summed E-state index contributed by atoms with van der Waals surface area (Å²) in [6.45, 7) is 9.79. The predicted molar refractivity (Wildman–Crippen MR) is 127 cm³/mol. The van der Waals surface area contributed by atoms with Gasteiger partial charge in [-0.3, -0.25) is 24.8 Å². The van der Waals surface area contributed by atoms with Crippen molar-refractivity contribution in [1.82, 2.24) is 9.80 Å². The Balaban J connectivity index is 1.89. The van der Waals surface area contributed by atoms with E-state index in [1.807, 2.05) is 0 Å². The summed E-state index contributed by atoms with van der Waals surface area (Å²) in [6.07, 6.45) is 0. The zero-order chi connectivity index (χ0) is 24.8. The van der Waals surface area contributed by atoms with Crippen molar-refractivity contribution < 1.29 is 24.0 Å². The minimum absolute atomic E-state index is 0.124. The Hall–Kier alpha value is -3.11. The van der Waals surface area contributed by atoms with Gasteiger partial charge >= 0.3 is 11.9 Å². The summed E-state index contributed by atoms with van der Waals surface area (Å²) in [6, 6.07) is 5.98. The van der Waals surface area contributed by atoms with Crippen molar-refractivity contribution in [3.8, 4) is 0 Å². The number of aliphatic imine (C=N–C) groups is 1. The van der Waals surface area contributed by atoms with Gasteiger partial charge in [0.05, 0.1) is 17.1 Å². The third-order valence-corrected chi connectivity index (χ3v) is 6.27. The molecule has 1 aromatic rings. The van der Waals surface area contributed by atoms with Crippen LogP contribution in [0.25, 0.3) is 0 Å². The van der Waals surface area contributed by atoms with Crippen LogP contribution in [-0.4, -0.2) is 85.4 Å². The number of carbonyl (C=O) groups is 2. The van der Waals surface area contributed by atoms with Gasteiger partial charge in [0.2, 0.25) is 0 Å². The van der Waals surface area contributed by atoms with Gasteiger partial charge in [-0.15, -0.1) is 0 Å². The molecule has 2 aliphatic rings. The lowest BCUT2D eigenvalue weighted by Gasteiger charge is -2.33. The fourth-order valence-electron chi connectivity index (χ4n) is 4.45. The fraction of sp³-hybridized carbons (Fsp3) is 0.542. The Morgan fingerprint density at radius 1 is 1.18 bits per heavy atom. The molecule has 1 saturated heterocycles. The zero-order valence-corrected chi connectivity index (χ0v) is 20.2. The molecule has 10 heteroatoms. The number of esters is 2. The van der Waals surface area contributed by atoms with Gasteiger partial charge in [0.15, 0.2) is 0 Å². The quantitative estimate of drug-likeness (QED) is 0.322. The highest BCUT2D eigenvalue weighted by Crippen LogP contribution is 2.41. The molecule has 2 atom stereocenters. The SMILES string of the molecule is CCOC(=O)C1C(C)=NC(C)=C(C(=O)OCCN2CCN(C)CC2)[C@H]1c1cccc([N+](=O)[O-])c1. The second-order valence-corrected chi connectivity index (χ2v) is 8.59. The van der Waals surface area contributed by atoms with Gasteiger partial charge in [0, 0.05) is 62.2 Å². The predicted octanol–water partition coefficient (Wildman–Crippen LogP) is 2.40. The maximum absolute atomic E-state index is 13.3. The van der Waals surface area contributed by atoms with Crippen LogP contribution in [0.1, 0.15) is 32.3 Å². The maximum atomic E-state index is 13.3. The molecular weight excluding hydrogens is 440 g/mol. The first-order valence-electron chi connectivity index (χ1n) is 11.5. The number of allylic oxidation sites excluding steroid dienone is 1. The molecule has 3 rings (SSSR count). The second kappa shape index (κ2) is 11.3. The van der Waals surface area contributed by atoms with E-state index < -0.39 is 28.7 Å². The molecule has 0 saturated carbocycles. The third kappa shape index (κ3) is 5.87. The van der Waals surface area contributed by atoms with Crippen LogP contribution in [0.3, 0.4) is 0 Å². The van der Waals surface area contributed by atoms with Crippen molar-refractivity contribution in [2.45, 2.75) is 26.7 Å². The molecule has 0 spiro atoms. The summed E-state index contributed by atoms with van der Waals surface area (Å²) < 4.78 is 10.9. The molecule has 1 unspecified atom stereocenters. The average molecular weight is 473 g/mol. The van der Waals surface area contributed by atoms with Gasteiger partial charge in [0.1, 0.15) is 12.5 Å². The van der Waals surface area contributed by atoms with Crippen LogP contribution in [0.4, 0.5) is 5.69 Å². The molecule has 0 N–H and O–H groups in total. The Bertz CT molecular complexity index is 997. The van der Waals surface area contributed by atoms with E-state index in [4.69, 9.17) is 9.47 Å². The normalized spacial score (nSPS) is 21.7.